The summed E-state index contributed by atoms with van der Waals surface area (Å²) in [5.41, 5.74) is -4.13. The number of hydrogen-bond donors (Lipinski definition) is 2. The predicted molar refractivity (Wildman–Crippen MR) is 132 cm³/mol. The van der Waals surface area contributed by atoms with E-state index in [0.29, 0.717) is 44.5 Å². The van der Waals surface area contributed by atoms with Crippen LogP contribution in [0.5, 0.6) is 0 Å². The summed E-state index contributed by atoms with van der Waals surface area (Å²) in [4.78, 5) is 29.2. The monoisotopic (exact) mass is 599 g/mol. The van der Waals surface area contributed by atoms with Crippen molar-refractivity contribution in [2.24, 2.45) is 11.3 Å². The molecule has 2 amide bonds. The third-order valence-electron chi connectivity index (χ3n) is 6.88. The molecular weight excluding hydrogens is 568 g/mol. The molecule has 0 aromatic heterocycles. The fourth-order valence-electron chi connectivity index (χ4n) is 4.98. The van der Waals surface area contributed by atoms with E-state index in [1.807, 2.05) is 18.7 Å². The first-order valence-electron chi connectivity index (χ1n) is 12.5. The molecule has 0 saturated carbocycles. The lowest BCUT2D eigenvalue weighted by Gasteiger charge is -2.42. The topological polar surface area (TPSA) is 99.2 Å². The highest BCUT2D eigenvalue weighted by molar-refractivity contribution is 7.83. The molecule has 2 N–H and O–H groups in total. The van der Waals surface area contributed by atoms with Gasteiger partial charge in [-0.05, 0) is 62.0 Å². The molecule has 1 fully saturated rings. The Kier molecular flexibility index (Phi) is 9.94. The second-order valence-corrected chi connectivity index (χ2v) is 11.3. The van der Waals surface area contributed by atoms with Crippen molar-refractivity contribution in [1.82, 2.24) is 15.1 Å². The number of alkyl halides is 6. The van der Waals surface area contributed by atoms with Gasteiger partial charge in [0.15, 0.2) is 0 Å². The van der Waals surface area contributed by atoms with Crippen molar-refractivity contribution >= 4 is 22.9 Å². The number of likely N-dealkylation sites (tertiary alicyclic amines) is 1. The number of ether oxygens (including phenoxy) is 1. The number of rotatable bonds is 8. The molecule has 224 valence electrons. The van der Waals surface area contributed by atoms with Gasteiger partial charge in [-0.25, -0.2) is 4.21 Å². The van der Waals surface area contributed by atoms with Crippen molar-refractivity contribution < 1.29 is 49.4 Å². The van der Waals surface area contributed by atoms with Gasteiger partial charge in [0, 0.05) is 6.54 Å². The van der Waals surface area contributed by atoms with Crippen LogP contribution in [-0.4, -0.2) is 63.2 Å². The molecule has 0 bridgehead atoms. The molecule has 0 spiro atoms. The summed E-state index contributed by atoms with van der Waals surface area (Å²) in [6.07, 6.45) is -7.71. The Morgan fingerprint density at radius 2 is 1.62 bits per heavy atom. The number of benzene rings is 1. The van der Waals surface area contributed by atoms with Crippen molar-refractivity contribution in [3.05, 3.63) is 46.2 Å². The molecule has 2 aliphatic rings. The molecule has 8 nitrogen and oxygen atoms in total. The fourth-order valence-corrected chi connectivity index (χ4v) is 5.39. The van der Waals surface area contributed by atoms with Crippen LogP contribution in [0.3, 0.4) is 0 Å². The van der Waals surface area contributed by atoms with E-state index in [1.165, 1.54) is 11.1 Å². The Balaban J connectivity index is 1.68. The van der Waals surface area contributed by atoms with Gasteiger partial charge < -0.3 is 15.0 Å². The van der Waals surface area contributed by atoms with Crippen LogP contribution in [0.4, 0.5) is 26.3 Å². The minimum Gasteiger partial charge on any atom is -0.480 e. The van der Waals surface area contributed by atoms with Crippen LogP contribution in [0.15, 0.2) is 29.5 Å². The van der Waals surface area contributed by atoms with Gasteiger partial charge in [-0.3, -0.25) is 19.0 Å². The highest BCUT2D eigenvalue weighted by Gasteiger charge is 2.42. The van der Waals surface area contributed by atoms with Gasteiger partial charge in [0.25, 0.3) is 0 Å². The van der Waals surface area contributed by atoms with Gasteiger partial charge in [-0.15, -0.1) is 0 Å². The van der Waals surface area contributed by atoms with E-state index in [9.17, 15) is 44.7 Å². The summed E-state index contributed by atoms with van der Waals surface area (Å²) in [5, 5.41) is 2.33. The Hall–Kier alpha value is -2.65. The molecule has 15 heteroatoms. The summed E-state index contributed by atoms with van der Waals surface area (Å²) >= 11 is -2.37. The third-order valence-corrected chi connectivity index (χ3v) is 7.45. The molecule has 1 atom stereocenters. The molecule has 1 unspecified atom stereocenters. The van der Waals surface area contributed by atoms with Gasteiger partial charge in [0.05, 0.1) is 35.8 Å². The molecule has 1 aromatic carbocycles. The molecular formula is C25H31F6N3O5S. The Morgan fingerprint density at radius 1 is 1.05 bits per heavy atom. The number of piperidine rings is 1. The lowest BCUT2D eigenvalue weighted by atomic mass is 9.72. The van der Waals surface area contributed by atoms with Crippen LogP contribution in [0.2, 0.25) is 0 Å². The van der Waals surface area contributed by atoms with Crippen LogP contribution in [-0.2, 0) is 44.3 Å². The number of amides is 2. The van der Waals surface area contributed by atoms with Gasteiger partial charge in [-0.2, -0.15) is 26.3 Å². The van der Waals surface area contributed by atoms with E-state index < -0.39 is 52.4 Å². The zero-order valence-corrected chi connectivity index (χ0v) is 22.7. The standard InChI is InChI=1S/C25H31F6N3O5S/c1-16(2)12-23(3-5-33(6-4-23)14-20(35)34-7-8-39-21(15-34)40(37)38)22(36)32-13-17-9-18(24(26,27)28)11-19(10-17)25(29,30)31/h9-11,15-16H,3-8,12-14H2,1-2H3,(H,32,36)(H,37,38). The summed E-state index contributed by atoms with van der Waals surface area (Å²) in [5.74, 6) is -0.720. The molecule has 3 rings (SSSR count). The van der Waals surface area contributed by atoms with E-state index in [0.717, 1.165) is 0 Å². The molecule has 2 heterocycles. The molecule has 0 aliphatic carbocycles. The van der Waals surface area contributed by atoms with Crippen molar-refractivity contribution in [2.75, 3.05) is 32.8 Å². The zero-order chi connectivity index (χ0) is 29.9. The van der Waals surface area contributed by atoms with Crippen LogP contribution in [0.1, 0.15) is 49.8 Å². The molecule has 1 saturated heterocycles. The number of halogens is 6. The first kappa shape index (κ1) is 31.9. The minimum atomic E-state index is -4.99. The van der Waals surface area contributed by atoms with Crippen molar-refractivity contribution in [3.8, 4) is 0 Å². The van der Waals surface area contributed by atoms with Crippen LogP contribution in [0, 0.1) is 11.3 Å². The van der Waals surface area contributed by atoms with Crippen molar-refractivity contribution in [3.63, 3.8) is 0 Å². The Morgan fingerprint density at radius 3 is 2.12 bits per heavy atom. The maximum Gasteiger partial charge on any atom is 0.416 e. The van der Waals surface area contributed by atoms with Gasteiger partial charge in [0.1, 0.15) is 6.61 Å². The fraction of sp³-hybridized carbons (Fsp3) is 0.600. The number of nitrogens with zero attached hydrogens (tertiary/aromatic N) is 2. The van der Waals surface area contributed by atoms with E-state index in [-0.39, 0.29) is 48.2 Å². The highest BCUT2D eigenvalue weighted by atomic mass is 32.2. The van der Waals surface area contributed by atoms with E-state index in [2.05, 4.69) is 5.32 Å². The number of hydrogen-bond acceptors (Lipinski definition) is 5. The summed E-state index contributed by atoms with van der Waals surface area (Å²) in [6, 6.07) is 1.23. The highest BCUT2D eigenvalue weighted by Crippen LogP contribution is 2.39. The summed E-state index contributed by atoms with van der Waals surface area (Å²) in [6.45, 7) is 4.26. The van der Waals surface area contributed by atoms with Crippen LogP contribution >= 0.6 is 0 Å². The zero-order valence-electron chi connectivity index (χ0n) is 21.9. The second kappa shape index (κ2) is 12.5. The Labute approximate surface area is 230 Å². The smallest absolute Gasteiger partial charge is 0.416 e. The molecule has 0 radical (unpaired) electrons. The van der Waals surface area contributed by atoms with Gasteiger partial charge in [0.2, 0.25) is 28.0 Å². The summed E-state index contributed by atoms with van der Waals surface area (Å²) in [7, 11) is 0. The number of carbonyl (C=O) groups is 2. The maximum atomic E-state index is 13.3. The second-order valence-electron chi connectivity index (χ2n) is 10.4. The van der Waals surface area contributed by atoms with Gasteiger partial charge in [-0.1, -0.05) is 13.8 Å². The lowest BCUT2D eigenvalue weighted by Crippen LogP contribution is -2.51. The Bertz CT molecular complexity index is 1110. The molecule has 2 aliphatic heterocycles. The largest absolute Gasteiger partial charge is 0.480 e. The summed E-state index contributed by atoms with van der Waals surface area (Å²) < 4.78 is 105. The molecule has 40 heavy (non-hydrogen) atoms. The number of nitrogens with one attached hydrogen (secondary N) is 1. The average Bonchev–Trinajstić information content (AvgIpc) is 2.87. The third kappa shape index (κ3) is 8.19. The first-order chi connectivity index (χ1) is 18.5. The van der Waals surface area contributed by atoms with E-state index in [4.69, 9.17) is 4.74 Å². The first-order valence-corrected chi connectivity index (χ1v) is 13.6. The van der Waals surface area contributed by atoms with Crippen LogP contribution in [0.25, 0.3) is 0 Å². The number of carbonyl (C=O) groups excluding carboxylic acids is 2. The quantitative estimate of drug-likeness (QED) is 0.341. The SMILES string of the molecule is CC(C)CC1(C(=O)NCc2cc(C(F)(F)F)cc(C(F)(F)F)c2)CCN(CC(=O)N2C=C(S(=O)O)OCC2)CC1. The van der Waals surface area contributed by atoms with Crippen LogP contribution < -0.4 is 5.32 Å². The van der Waals surface area contributed by atoms with Crippen molar-refractivity contribution in [2.45, 2.75) is 52.0 Å². The maximum absolute atomic E-state index is 13.3. The van der Waals surface area contributed by atoms with E-state index in [1.54, 1.807) is 0 Å². The van der Waals surface area contributed by atoms with Crippen molar-refractivity contribution in [1.29, 1.82) is 0 Å². The van der Waals surface area contributed by atoms with E-state index >= 15 is 0 Å². The van der Waals surface area contributed by atoms with Gasteiger partial charge >= 0.3 is 12.4 Å². The minimum absolute atomic E-state index is 0.00826. The molecule has 1 aromatic rings. The normalized spacial score (nSPS) is 19.1. The average molecular weight is 600 g/mol. The lowest BCUT2D eigenvalue weighted by molar-refractivity contribution is -0.143. The predicted octanol–water partition coefficient (Wildman–Crippen LogP) is 4.35.